The monoisotopic (exact) mass is 535 g/mol. The van der Waals surface area contributed by atoms with Crippen molar-refractivity contribution in [3.8, 4) is 0 Å². The Kier molecular flexibility index (Phi) is 7.86. The Morgan fingerprint density at radius 1 is 0.967 bits per heavy atom. The molecule has 0 fully saturated rings. The number of amides is 2. The van der Waals surface area contributed by atoms with Gasteiger partial charge < -0.3 is 15.2 Å². The molecule has 0 spiro atoms. The van der Waals surface area contributed by atoms with Crippen LogP contribution in [0.3, 0.4) is 0 Å². The molecule has 0 radical (unpaired) electrons. The smallest absolute Gasteiger partial charge is 0.234 e. The van der Waals surface area contributed by atoms with Gasteiger partial charge in [-0.1, -0.05) is 29.5 Å². The van der Waals surface area contributed by atoms with E-state index in [1.807, 2.05) is 66.9 Å². The maximum atomic E-state index is 12.4. The molecular formula is C21H22IN5O2S. The van der Waals surface area contributed by atoms with E-state index in [4.69, 9.17) is 0 Å². The summed E-state index contributed by atoms with van der Waals surface area (Å²) in [7, 11) is 0. The van der Waals surface area contributed by atoms with Crippen LogP contribution in [0, 0.1) is 10.5 Å². The summed E-state index contributed by atoms with van der Waals surface area (Å²) in [5.74, 6) is 0.502. The number of hydrogen-bond donors (Lipinski definition) is 2. The Morgan fingerprint density at radius 3 is 2.20 bits per heavy atom. The van der Waals surface area contributed by atoms with E-state index in [0.717, 1.165) is 20.5 Å². The highest BCUT2D eigenvalue weighted by Crippen LogP contribution is 2.19. The molecular weight excluding hydrogens is 513 g/mol. The second-order valence-electron chi connectivity index (χ2n) is 6.58. The first kappa shape index (κ1) is 22.3. The van der Waals surface area contributed by atoms with Gasteiger partial charge in [0.2, 0.25) is 11.8 Å². The number of rotatable bonds is 8. The minimum absolute atomic E-state index is 0.115. The predicted molar refractivity (Wildman–Crippen MR) is 128 cm³/mol. The first-order chi connectivity index (χ1) is 14.4. The number of carbonyl (C=O) groups excluding carboxylic acids is 2. The summed E-state index contributed by atoms with van der Waals surface area (Å²) in [4.78, 5) is 24.6. The Labute approximate surface area is 193 Å². The summed E-state index contributed by atoms with van der Waals surface area (Å²) in [5, 5.41) is 14.7. The van der Waals surface area contributed by atoms with Crippen molar-refractivity contribution in [3.05, 3.63) is 63.5 Å². The van der Waals surface area contributed by atoms with Crippen LogP contribution in [-0.4, -0.2) is 32.3 Å². The SMILES string of the molecule is CCn1c(CC(=O)Nc2ccc(C)cc2)nnc1SCC(=O)Nc1ccc(I)cc1. The lowest BCUT2D eigenvalue weighted by molar-refractivity contribution is -0.116. The molecule has 9 heteroatoms. The van der Waals surface area contributed by atoms with Crippen LogP contribution < -0.4 is 10.6 Å². The number of anilines is 2. The van der Waals surface area contributed by atoms with E-state index < -0.39 is 0 Å². The summed E-state index contributed by atoms with van der Waals surface area (Å²) < 4.78 is 2.97. The number of benzene rings is 2. The first-order valence-electron chi connectivity index (χ1n) is 9.41. The third kappa shape index (κ3) is 6.30. The molecule has 0 saturated carbocycles. The summed E-state index contributed by atoms with van der Waals surface area (Å²) >= 11 is 3.52. The van der Waals surface area contributed by atoms with Crippen LogP contribution in [0.5, 0.6) is 0 Å². The number of hydrogen-bond acceptors (Lipinski definition) is 5. The van der Waals surface area contributed by atoms with Gasteiger partial charge in [-0.2, -0.15) is 0 Å². The van der Waals surface area contributed by atoms with Gasteiger partial charge in [0, 0.05) is 21.5 Å². The van der Waals surface area contributed by atoms with E-state index in [2.05, 4.69) is 43.4 Å². The fraction of sp³-hybridized carbons (Fsp3) is 0.238. The Balaban J connectivity index is 1.56. The fourth-order valence-corrected chi connectivity index (χ4v) is 3.90. The van der Waals surface area contributed by atoms with Crippen molar-refractivity contribution in [2.45, 2.75) is 32.0 Å². The second-order valence-corrected chi connectivity index (χ2v) is 8.77. The Hall–Kier alpha value is -2.40. The molecule has 0 aliphatic heterocycles. The van der Waals surface area contributed by atoms with Crippen molar-refractivity contribution in [2.24, 2.45) is 0 Å². The molecule has 2 amide bonds. The molecule has 7 nitrogen and oxygen atoms in total. The Morgan fingerprint density at radius 2 is 1.57 bits per heavy atom. The van der Waals surface area contributed by atoms with Crippen LogP contribution in [0.2, 0.25) is 0 Å². The van der Waals surface area contributed by atoms with Crippen LogP contribution in [0.15, 0.2) is 53.7 Å². The molecule has 30 heavy (non-hydrogen) atoms. The van der Waals surface area contributed by atoms with E-state index in [-0.39, 0.29) is 24.0 Å². The summed E-state index contributed by atoms with van der Waals surface area (Å²) in [5.41, 5.74) is 2.63. The zero-order valence-corrected chi connectivity index (χ0v) is 19.7. The highest BCUT2D eigenvalue weighted by molar-refractivity contribution is 14.1. The number of aromatic nitrogens is 3. The standard InChI is InChI=1S/C21H22IN5O2S/c1-3-27-18(12-19(28)23-16-8-4-14(2)5-9-16)25-26-21(27)30-13-20(29)24-17-10-6-15(22)7-11-17/h4-11H,3,12-13H2,1-2H3,(H,23,28)(H,24,29). The van der Waals surface area contributed by atoms with E-state index in [1.165, 1.54) is 11.8 Å². The molecule has 0 aliphatic carbocycles. The topological polar surface area (TPSA) is 88.9 Å². The number of carbonyl (C=O) groups is 2. The molecule has 0 saturated heterocycles. The molecule has 0 unspecified atom stereocenters. The van der Waals surface area contributed by atoms with Crippen molar-refractivity contribution in [1.29, 1.82) is 0 Å². The van der Waals surface area contributed by atoms with Gasteiger partial charge >= 0.3 is 0 Å². The third-order valence-electron chi connectivity index (χ3n) is 4.22. The second kappa shape index (κ2) is 10.6. The molecule has 3 aromatic rings. The highest BCUT2D eigenvalue weighted by atomic mass is 127. The highest BCUT2D eigenvalue weighted by Gasteiger charge is 2.16. The maximum absolute atomic E-state index is 12.4. The normalized spacial score (nSPS) is 10.6. The molecule has 156 valence electrons. The number of halogens is 1. The molecule has 3 rings (SSSR count). The van der Waals surface area contributed by atoms with E-state index >= 15 is 0 Å². The zero-order valence-electron chi connectivity index (χ0n) is 16.7. The van der Waals surface area contributed by atoms with Crippen LogP contribution in [0.4, 0.5) is 11.4 Å². The lowest BCUT2D eigenvalue weighted by atomic mass is 10.2. The largest absolute Gasteiger partial charge is 0.326 e. The summed E-state index contributed by atoms with van der Waals surface area (Å²) in [6, 6.07) is 15.2. The molecule has 0 bridgehead atoms. The van der Waals surface area contributed by atoms with E-state index in [9.17, 15) is 9.59 Å². The van der Waals surface area contributed by atoms with Gasteiger partial charge in [0.05, 0.1) is 12.2 Å². The third-order valence-corrected chi connectivity index (χ3v) is 5.91. The van der Waals surface area contributed by atoms with Crippen molar-refractivity contribution in [1.82, 2.24) is 14.8 Å². The van der Waals surface area contributed by atoms with Gasteiger partial charge in [-0.05, 0) is 72.8 Å². The van der Waals surface area contributed by atoms with E-state index in [1.54, 1.807) is 0 Å². The zero-order chi connectivity index (χ0) is 21.5. The van der Waals surface area contributed by atoms with Crippen molar-refractivity contribution in [2.75, 3.05) is 16.4 Å². The van der Waals surface area contributed by atoms with Gasteiger partial charge in [0.1, 0.15) is 5.82 Å². The molecule has 0 atom stereocenters. The molecule has 2 N–H and O–H groups in total. The van der Waals surface area contributed by atoms with Crippen LogP contribution in [-0.2, 0) is 22.6 Å². The number of thioether (sulfide) groups is 1. The van der Waals surface area contributed by atoms with Gasteiger partial charge in [0.25, 0.3) is 0 Å². The molecule has 1 heterocycles. The quantitative estimate of drug-likeness (QED) is 0.335. The van der Waals surface area contributed by atoms with Crippen molar-refractivity contribution < 1.29 is 9.59 Å². The minimum Gasteiger partial charge on any atom is -0.326 e. The van der Waals surface area contributed by atoms with Crippen molar-refractivity contribution in [3.63, 3.8) is 0 Å². The van der Waals surface area contributed by atoms with E-state index in [0.29, 0.717) is 17.5 Å². The molecule has 1 aromatic heterocycles. The first-order valence-corrected chi connectivity index (χ1v) is 11.5. The van der Waals surface area contributed by atoms with Gasteiger partial charge in [-0.3, -0.25) is 9.59 Å². The van der Waals surface area contributed by atoms with Gasteiger partial charge in [-0.25, -0.2) is 0 Å². The number of aryl methyl sites for hydroxylation is 1. The Bertz CT molecular complexity index is 1020. The summed E-state index contributed by atoms with van der Waals surface area (Å²) in [6.45, 7) is 4.57. The molecule has 0 aliphatic rings. The number of nitrogens with zero attached hydrogens (tertiary/aromatic N) is 3. The number of nitrogens with one attached hydrogen (secondary N) is 2. The summed E-state index contributed by atoms with van der Waals surface area (Å²) in [6.07, 6.45) is 0.115. The maximum Gasteiger partial charge on any atom is 0.234 e. The fourth-order valence-electron chi connectivity index (χ4n) is 2.72. The lowest BCUT2D eigenvalue weighted by Gasteiger charge is -2.09. The minimum atomic E-state index is -0.158. The lowest BCUT2D eigenvalue weighted by Crippen LogP contribution is -2.18. The van der Waals surface area contributed by atoms with Gasteiger partial charge in [-0.15, -0.1) is 10.2 Å². The molecule has 2 aromatic carbocycles. The van der Waals surface area contributed by atoms with Crippen LogP contribution in [0.1, 0.15) is 18.3 Å². The van der Waals surface area contributed by atoms with Crippen molar-refractivity contribution >= 4 is 57.5 Å². The predicted octanol–water partition coefficient (Wildman–Crippen LogP) is 4.12. The van der Waals surface area contributed by atoms with Gasteiger partial charge in [0.15, 0.2) is 5.16 Å². The van der Waals surface area contributed by atoms with Crippen LogP contribution >= 0.6 is 34.4 Å². The average molecular weight is 535 g/mol. The average Bonchev–Trinajstić information content (AvgIpc) is 3.11. The van der Waals surface area contributed by atoms with Crippen LogP contribution in [0.25, 0.3) is 0 Å².